The first-order valence-electron chi connectivity index (χ1n) is 22.8. The Hall–Kier alpha value is -5.91. The molecule has 0 unspecified atom stereocenters. The number of nitrogens with zero attached hydrogens (tertiary/aromatic N) is 3. The van der Waals surface area contributed by atoms with E-state index in [0.29, 0.717) is 11.8 Å². The molecule has 0 radical (unpaired) electrons. The molecule has 0 N–H and O–H groups in total. The van der Waals surface area contributed by atoms with Gasteiger partial charge in [-0.25, -0.2) is 9.67 Å². The average Bonchev–Trinajstić information content (AvgIpc) is 3.78. The number of aromatic nitrogens is 2. The van der Waals surface area contributed by atoms with Gasteiger partial charge in [0.1, 0.15) is 53.5 Å². The van der Waals surface area contributed by atoms with Gasteiger partial charge in [-0.15, -0.1) is 0 Å². The summed E-state index contributed by atoms with van der Waals surface area (Å²) in [6.07, 6.45) is 2.04. The van der Waals surface area contributed by atoms with Gasteiger partial charge in [-0.05, 0) is 109 Å². The summed E-state index contributed by atoms with van der Waals surface area (Å²) in [7, 11) is -13.2. The van der Waals surface area contributed by atoms with E-state index in [1.165, 1.54) is 43.0 Å². The van der Waals surface area contributed by atoms with Crippen LogP contribution in [0.25, 0.3) is 10.9 Å². The summed E-state index contributed by atoms with van der Waals surface area (Å²) in [4.78, 5) is 4.98. The van der Waals surface area contributed by atoms with E-state index in [4.69, 9.17) is 9.73 Å². The summed E-state index contributed by atoms with van der Waals surface area (Å²) in [5.74, 6) is 3.61. The van der Waals surface area contributed by atoms with Gasteiger partial charge in [0.25, 0.3) is 0 Å². The maximum Gasteiger partial charge on any atom is 1.00 e. The molecule has 370 valence electrons. The van der Waals surface area contributed by atoms with E-state index in [0.717, 1.165) is 33.9 Å². The summed E-state index contributed by atoms with van der Waals surface area (Å²) in [5.41, 5.74) is 4.67. The molecule has 9 aromatic rings. The zero-order valence-electron chi connectivity index (χ0n) is 39.7. The second kappa shape index (κ2) is 23.1. The van der Waals surface area contributed by atoms with Crippen LogP contribution < -0.4 is 36.6 Å². The Morgan fingerprint density at radius 3 is 1.18 bits per heavy atom. The van der Waals surface area contributed by atoms with Crippen LogP contribution in [0.3, 0.4) is 0 Å². The van der Waals surface area contributed by atoms with Crippen molar-refractivity contribution in [2.75, 3.05) is 0 Å². The van der Waals surface area contributed by atoms with Gasteiger partial charge in [0.2, 0.25) is 0 Å². The van der Waals surface area contributed by atoms with Crippen molar-refractivity contribution in [3.63, 3.8) is 0 Å². The van der Waals surface area contributed by atoms with E-state index >= 15 is 0 Å². The Bertz CT molecular complexity index is 2890. The van der Waals surface area contributed by atoms with Gasteiger partial charge in [0.15, 0.2) is 11.5 Å². The molecule has 1 heterocycles. The fraction of sp³-hybridized carbons (Fsp3) is 0.123. The summed E-state index contributed by atoms with van der Waals surface area (Å²) in [6.45, 7) is 10.9. The predicted octanol–water partition coefficient (Wildman–Crippen LogP) is 15.7. The molecule has 0 saturated heterocycles. The van der Waals surface area contributed by atoms with Gasteiger partial charge >= 0.3 is 50.1 Å². The maximum absolute atomic E-state index is 10.7. The molecule has 0 aliphatic carbocycles. The largest absolute Gasteiger partial charge is 1.00 e. The molecule has 0 aliphatic heterocycles. The van der Waals surface area contributed by atoms with Gasteiger partial charge in [0, 0.05) is 11.6 Å². The number of hydrogen-bond donors (Lipinski definition) is 0. The van der Waals surface area contributed by atoms with Crippen molar-refractivity contribution in [2.45, 2.75) is 46.5 Å². The van der Waals surface area contributed by atoms with Gasteiger partial charge in [0.05, 0.1) is 11.2 Å². The number of fused-ring (bicyclic) bond motifs is 1. The molecule has 1 aromatic heterocycles. The van der Waals surface area contributed by atoms with Crippen LogP contribution in [0, 0.1) is 0 Å². The number of halogens is 6. The first kappa shape index (κ1) is 54.4. The number of para-hydroxylation sites is 3. The number of aliphatic imine (C=N–C) groups is 1. The Kier molecular flexibility index (Phi) is 17.7. The van der Waals surface area contributed by atoms with Crippen LogP contribution in [0.1, 0.15) is 57.6 Å². The molecule has 0 bridgehead atoms. The predicted molar refractivity (Wildman–Crippen MR) is 289 cm³/mol. The summed E-state index contributed by atoms with van der Waals surface area (Å²) in [5, 5.41) is 13.7. The number of hydrogen-bond acceptors (Lipinski definition) is 3. The fourth-order valence-corrected chi connectivity index (χ4v) is 13.3. The van der Waals surface area contributed by atoms with E-state index in [-0.39, 0.29) is 17.1 Å². The molecule has 0 amide bonds. The van der Waals surface area contributed by atoms with Crippen molar-refractivity contribution in [3.05, 3.63) is 230 Å². The molecule has 0 aliphatic rings. The van der Waals surface area contributed by atoms with Crippen LogP contribution in [0.5, 0.6) is 11.5 Å². The second-order valence-corrected chi connectivity index (χ2v) is 24.0. The van der Waals surface area contributed by atoms with Gasteiger partial charge in [-0.3, -0.25) is 0 Å². The van der Waals surface area contributed by atoms with Gasteiger partial charge in [-0.1, -0.05) is 161 Å². The Morgan fingerprint density at radius 1 is 0.479 bits per heavy atom. The topological polar surface area (TPSA) is 39.4 Å². The Labute approximate surface area is 425 Å². The van der Waals surface area contributed by atoms with Crippen LogP contribution in [0.4, 0.5) is 30.9 Å². The molecule has 9 rings (SSSR count). The molecular weight excluding hydrogens is 1010 g/mol. The third-order valence-corrected chi connectivity index (χ3v) is 16.7. The first-order chi connectivity index (χ1) is 33.3. The van der Waals surface area contributed by atoms with Crippen molar-refractivity contribution in [1.82, 2.24) is 9.78 Å². The smallest absolute Gasteiger partial charge is 0.449 e. The molecule has 0 fully saturated rings. The minimum absolute atomic E-state index is 0. The van der Waals surface area contributed by atoms with Crippen LogP contribution in [-0.4, -0.2) is 15.6 Å². The van der Waals surface area contributed by atoms with Crippen molar-refractivity contribution in [2.24, 2.45) is 4.99 Å². The van der Waals surface area contributed by atoms with Gasteiger partial charge in [-0.2, -0.15) is 5.10 Å². The van der Waals surface area contributed by atoms with Crippen LogP contribution in [-0.2, 0) is 17.1 Å². The minimum atomic E-state index is -10.7. The summed E-state index contributed by atoms with van der Waals surface area (Å²) in [6, 6.07) is 75.2. The zero-order chi connectivity index (χ0) is 50.0. The molecule has 0 saturated carbocycles. The average molecular weight is 1070 g/mol. The quantitative estimate of drug-likeness (QED) is 0.0426. The molecular formula is C57H55CuF6N3OP3+2. The Balaban J connectivity index is 0.000000220. The number of rotatable bonds is 11. The van der Waals surface area contributed by atoms with E-state index in [1.54, 1.807) is 0 Å². The van der Waals surface area contributed by atoms with E-state index in [2.05, 4.69) is 227 Å². The minimum Gasteiger partial charge on any atom is -0.449 e. The molecule has 0 atom stereocenters. The van der Waals surface area contributed by atoms with E-state index < -0.39 is 23.7 Å². The molecule has 71 heavy (non-hydrogen) atoms. The summed E-state index contributed by atoms with van der Waals surface area (Å²) < 4.78 is 68.0. The molecule has 4 nitrogen and oxygen atoms in total. The normalized spacial score (nSPS) is 12.6. The van der Waals surface area contributed by atoms with Crippen molar-refractivity contribution in [3.8, 4) is 11.5 Å². The number of benzene rings is 8. The second-order valence-electron chi connectivity index (χ2n) is 17.2. The van der Waals surface area contributed by atoms with Crippen molar-refractivity contribution >= 4 is 77.9 Å². The zero-order valence-corrected chi connectivity index (χ0v) is 43.5. The first-order valence-corrected chi connectivity index (χ1v) is 27.8. The van der Waals surface area contributed by atoms with Crippen LogP contribution in [0.2, 0.25) is 0 Å². The summed E-state index contributed by atoms with van der Waals surface area (Å²) >= 11 is 0. The third kappa shape index (κ3) is 15.8. The Morgan fingerprint density at radius 2 is 0.817 bits per heavy atom. The van der Waals surface area contributed by atoms with Crippen LogP contribution in [0.15, 0.2) is 224 Å². The standard InChI is InChI=1S/C36H28OP2.C21H25N3.Cu.F6P/c1-5-17-29(18-6-1)38(30-19-7-2-8-20-30)35-27-15-13-25-33(35)37-34-26-14-16-28-36(34)39(31-21-9-3-10-22-31)32-23-11-4-12-24-32;1-14(2)18-10-8-11-19(15(3)4)21(18)22-16(5)24-13-17-9-6-7-12-20(17)23-24;;1-7(2,3,4,5)6/h1-28H;6-15H,1-5H3;;/q;;+1;-1/p+2. The molecule has 8 aromatic carbocycles. The molecule has 14 heteroatoms. The number of ether oxygens (including phenoxy) is 1. The van der Waals surface area contributed by atoms with E-state index in [1.807, 2.05) is 36.0 Å². The third-order valence-electron chi connectivity index (χ3n) is 11.1. The SMILES string of the molecule is CC(=Nc1c(C(C)C)cccc1C(C)C)n1cc2ccccc2n1.F[P-](F)(F)(F)(F)F.[Cu+].c1ccc([PH+](c2ccccc2)c2ccccc2Oc2ccccc2[PH+](c2ccccc2)c2ccccc2)cc1. The van der Waals surface area contributed by atoms with Crippen molar-refractivity contribution < 1.29 is 47.0 Å². The van der Waals surface area contributed by atoms with Crippen LogP contribution >= 0.6 is 23.7 Å². The maximum atomic E-state index is 9.87. The fourth-order valence-electron chi connectivity index (χ4n) is 8.00. The monoisotopic (exact) mass is 1070 g/mol. The van der Waals surface area contributed by atoms with Gasteiger partial charge < -0.3 is 4.74 Å². The molecule has 0 spiro atoms. The van der Waals surface area contributed by atoms with Crippen molar-refractivity contribution in [1.29, 1.82) is 0 Å². The van der Waals surface area contributed by atoms with E-state index in [9.17, 15) is 25.2 Å².